The number of phosphoric ester groups is 1. The molecular formula is C29H46NO6P. The van der Waals surface area contributed by atoms with Gasteiger partial charge in [0.2, 0.25) is 5.91 Å². The summed E-state index contributed by atoms with van der Waals surface area (Å²) in [6.07, 6.45) is 15.2. The number of carbonyl (C=O) groups is 1. The second kappa shape index (κ2) is 13.7. The fourth-order valence-corrected chi connectivity index (χ4v) is 7.01. The van der Waals surface area contributed by atoms with Crippen molar-refractivity contribution in [2.45, 2.75) is 116 Å². The molecule has 37 heavy (non-hydrogen) atoms. The summed E-state index contributed by atoms with van der Waals surface area (Å²) in [7, 11) is -2.32. The van der Waals surface area contributed by atoms with Gasteiger partial charge in [0.25, 0.3) is 0 Å². The van der Waals surface area contributed by atoms with Crippen molar-refractivity contribution in [3.8, 4) is 0 Å². The van der Waals surface area contributed by atoms with E-state index in [4.69, 9.17) is 18.3 Å². The highest BCUT2D eigenvalue weighted by atomic mass is 31.2. The third kappa shape index (κ3) is 8.37. The minimum absolute atomic E-state index is 0.0585. The molecule has 1 saturated heterocycles. The second-order valence-electron chi connectivity index (χ2n) is 11.4. The summed E-state index contributed by atoms with van der Waals surface area (Å²) < 4.78 is 35.4. The zero-order valence-electron chi connectivity index (χ0n) is 22.8. The normalized spacial score (nSPS) is 26.3. The number of hydrogen-bond acceptors (Lipinski definition) is 6. The Kier molecular flexibility index (Phi) is 10.7. The summed E-state index contributed by atoms with van der Waals surface area (Å²) in [6.45, 7) is 2.94. The van der Waals surface area contributed by atoms with Crippen LogP contribution in [0.5, 0.6) is 0 Å². The smallest absolute Gasteiger partial charge is 0.372 e. The largest absolute Gasteiger partial charge is 0.474 e. The van der Waals surface area contributed by atoms with Crippen LogP contribution < -0.4 is 5.32 Å². The Hall–Kier alpha value is -1.24. The van der Waals surface area contributed by atoms with Crippen molar-refractivity contribution in [3.05, 3.63) is 35.4 Å². The SMILES string of the molecule is COP(=O)(OCc1ccc(CNC(=O)C2(C)CCCCCCC2)cc1)OC[C@@H]1CC[C@H](C2CCCC2)O1. The molecule has 1 aromatic rings. The number of phosphoric acid groups is 1. The highest BCUT2D eigenvalue weighted by molar-refractivity contribution is 7.48. The fraction of sp³-hybridized carbons (Fsp3) is 0.759. The highest BCUT2D eigenvalue weighted by Crippen LogP contribution is 2.50. The van der Waals surface area contributed by atoms with Crippen LogP contribution in [0.4, 0.5) is 0 Å². The molecule has 4 rings (SSSR count). The van der Waals surface area contributed by atoms with E-state index in [9.17, 15) is 9.36 Å². The molecule has 1 N–H and O–H groups in total. The van der Waals surface area contributed by atoms with E-state index in [0.717, 1.165) is 49.7 Å². The van der Waals surface area contributed by atoms with E-state index in [1.165, 1.54) is 52.1 Å². The molecule has 0 aromatic heterocycles. The minimum atomic E-state index is -3.67. The Bertz CT molecular complexity index is 892. The summed E-state index contributed by atoms with van der Waals surface area (Å²) in [6, 6.07) is 7.78. The number of benzene rings is 1. The standard InChI is InChI=1S/C29H46NO6P/c1-29(18-8-4-3-5-9-19-29)28(31)30-20-23-12-14-24(15-13-23)21-34-37(32,33-2)35-22-26-16-17-27(36-26)25-10-6-7-11-25/h12-15,25-27H,3-11,16-22H2,1-2H3,(H,30,31)/t26-,27+,37?/m0/s1. The Morgan fingerprint density at radius 1 is 0.946 bits per heavy atom. The molecule has 3 fully saturated rings. The molecule has 0 radical (unpaired) electrons. The molecule has 2 aliphatic carbocycles. The van der Waals surface area contributed by atoms with Crippen LogP contribution in [0.1, 0.15) is 102 Å². The van der Waals surface area contributed by atoms with Crippen LogP contribution in [0.15, 0.2) is 24.3 Å². The lowest BCUT2D eigenvalue weighted by molar-refractivity contribution is -0.131. The van der Waals surface area contributed by atoms with E-state index in [0.29, 0.717) is 18.6 Å². The van der Waals surface area contributed by atoms with E-state index in [-0.39, 0.29) is 30.6 Å². The van der Waals surface area contributed by atoms with Gasteiger partial charge in [0.05, 0.1) is 25.4 Å². The number of carbonyl (C=O) groups excluding carboxylic acids is 1. The van der Waals surface area contributed by atoms with Gasteiger partial charge in [-0.05, 0) is 55.6 Å². The summed E-state index contributed by atoms with van der Waals surface area (Å²) in [5.41, 5.74) is 1.62. The molecule has 3 aliphatic rings. The number of hydrogen-bond donors (Lipinski definition) is 1. The number of amides is 1. The molecule has 0 bridgehead atoms. The molecule has 1 heterocycles. The average molecular weight is 536 g/mol. The molecule has 0 spiro atoms. The van der Waals surface area contributed by atoms with Gasteiger partial charge in [-0.25, -0.2) is 4.57 Å². The lowest BCUT2D eigenvalue weighted by Crippen LogP contribution is -2.39. The van der Waals surface area contributed by atoms with Gasteiger partial charge in [0, 0.05) is 19.1 Å². The summed E-state index contributed by atoms with van der Waals surface area (Å²) >= 11 is 0. The first-order valence-electron chi connectivity index (χ1n) is 14.4. The maximum absolute atomic E-state index is 13.0. The van der Waals surface area contributed by atoms with Crippen LogP contribution in [0.2, 0.25) is 0 Å². The summed E-state index contributed by atoms with van der Waals surface area (Å²) in [5.74, 6) is 0.817. The van der Waals surface area contributed by atoms with Crippen molar-refractivity contribution in [1.82, 2.24) is 5.32 Å². The maximum Gasteiger partial charge on any atom is 0.474 e. The fourth-order valence-electron chi connectivity index (χ4n) is 6.06. The average Bonchev–Trinajstić information content (AvgIpc) is 3.60. The number of ether oxygens (including phenoxy) is 1. The van der Waals surface area contributed by atoms with E-state index in [1.54, 1.807) is 0 Å². The summed E-state index contributed by atoms with van der Waals surface area (Å²) in [5, 5.41) is 3.14. The van der Waals surface area contributed by atoms with Gasteiger partial charge in [-0.2, -0.15) is 0 Å². The van der Waals surface area contributed by atoms with Crippen molar-refractivity contribution in [1.29, 1.82) is 0 Å². The molecule has 208 valence electrons. The lowest BCUT2D eigenvalue weighted by Gasteiger charge is -2.30. The quantitative estimate of drug-likeness (QED) is 0.305. The van der Waals surface area contributed by atoms with Gasteiger partial charge in [-0.3, -0.25) is 18.4 Å². The second-order valence-corrected chi connectivity index (χ2v) is 13.2. The van der Waals surface area contributed by atoms with Gasteiger partial charge in [0.15, 0.2) is 0 Å². The van der Waals surface area contributed by atoms with E-state index in [1.807, 2.05) is 24.3 Å². The molecular weight excluding hydrogens is 489 g/mol. The number of nitrogens with one attached hydrogen (secondary N) is 1. The van der Waals surface area contributed by atoms with Crippen LogP contribution in [-0.4, -0.2) is 31.8 Å². The first kappa shape index (κ1) is 28.8. The Morgan fingerprint density at radius 2 is 1.59 bits per heavy atom. The third-order valence-corrected chi connectivity index (χ3v) is 9.94. The number of rotatable bonds is 11. The van der Waals surface area contributed by atoms with Crippen molar-refractivity contribution in [2.75, 3.05) is 13.7 Å². The zero-order valence-corrected chi connectivity index (χ0v) is 23.6. The van der Waals surface area contributed by atoms with E-state index >= 15 is 0 Å². The third-order valence-electron chi connectivity index (χ3n) is 8.58. The van der Waals surface area contributed by atoms with Gasteiger partial charge < -0.3 is 10.1 Å². The Labute approximate surface area is 223 Å². The molecule has 1 aliphatic heterocycles. The summed E-state index contributed by atoms with van der Waals surface area (Å²) in [4.78, 5) is 12.9. The van der Waals surface area contributed by atoms with Gasteiger partial charge >= 0.3 is 7.82 Å². The molecule has 2 saturated carbocycles. The van der Waals surface area contributed by atoms with Crippen LogP contribution in [0.3, 0.4) is 0 Å². The lowest BCUT2D eigenvalue weighted by atomic mass is 9.77. The highest BCUT2D eigenvalue weighted by Gasteiger charge is 2.35. The van der Waals surface area contributed by atoms with Gasteiger partial charge in [-0.15, -0.1) is 0 Å². The maximum atomic E-state index is 13.0. The molecule has 1 unspecified atom stereocenters. The topological polar surface area (TPSA) is 83.1 Å². The van der Waals surface area contributed by atoms with Crippen LogP contribution in [0.25, 0.3) is 0 Å². The monoisotopic (exact) mass is 535 g/mol. The van der Waals surface area contributed by atoms with Crippen molar-refractivity contribution in [3.63, 3.8) is 0 Å². The van der Waals surface area contributed by atoms with Crippen molar-refractivity contribution >= 4 is 13.7 Å². The first-order valence-corrected chi connectivity index (χ1v) is 15.8. The van der Waals surface area contributed by atoms with Crippen LogP contribution in [0, 0.1) is 11.3 Å². The van der Waals surface area contributed by atoms with Crippen LogP contribution >= 0.6 is 7.82 Å². The Balaban J connectivity index is 1.19. The van der Waals surface area contributed by atoms with E-state index in [2.05, 4.69) is 12.2 Å². The molecule has 8 heteroatoms. The van der Waals surface area contributed by atoms with Crippen molar-refractivity contribution in [2.24, 2.45) is 11.3 Å². The molecule has 1 aromatic carbocycles. The van der Waals surface area contributed by atoms with E-state index < -0.39 is 7.82 Å². The first-order chi connectivity index (χ1) is 17.9. The van der Waals surface area contributed by atoms with Crippen molar-refractivity contribution < 1.29 is 27.7 Å². The minimum Gasteiger partial charge on any atom is -0.372 e. The van der Waals surface area contributed by atoms with Crippen LogP contribution in [-0.2, 0) is 40.8 Å². The zero-order chi connectivity index (χ0) is 26.1. The molecule has 1 amide bonds. The predicted octanol–water partition coefficient (Wildman–Crippen LogP) is 7.08. The molecule has 7 nitrogen and oxygen atoms in total. The van der Waals surface area contributed by atoms with Gasteiger partial charge in [0.1, 0.15) is 0 Å². The predicted molar refractivity (Wildman–Crippen MR) is 144 cm³/mol. The van der Waals surface area contributed by atoms with Gasteiger partial charge in [-0.1, -0.05) is 76.1 Å². The molecule has 3 atom stereocenters. The Morgan fingerprint density at radius 3 is 2.27 bits per heavy atom.